The molecular weight excluding hydrogens is 258 g/mol. The first-order chi connectivity index (χ1) is 9.26. The van der Waals surface area contributed by atoms with Crippen LogP contribution in [0.15, 0.2) is 24.3 Å². The third-order valence-corrected chi connectivity index (χ3v) is 3.78. The quantitative estimate of drug-likeness (QED) is 0.684. The van der Waals surface area contributed by atoms with Gasteiger partial charge in [-0.1, -0.05) is 25.5 Å². The highest BCUT2D eigenvalue weighted by Crippen LogP contribution is 2.12. The van der Waals surface area contributed by atoms with Gasteiger partial charge in [-0.25, -0.2) is 0 Å². The number of carbonyl (C=O) groups excluding carboxylic acids is 1. The Labute approximate surface area is 119 Å². The lowest BCUT2D eigenvalue weighted by molar-refractivity contribution is -0.113. The van der Waals surface area contributed by atoms with Crippen LogP contribution in [0.5, 0.6) is 0 Å². The molecule has 19 heavy (non-hydrogen) atoms. The van der Waals surface area contributed by atoms with E-state index >= 15 is 0 Å². The zero-order chi connectivity index (χ0) is 13.9. The lowest BCUT2D eigenvalue weighted by atomic mass is 10.1. The summed E-state index contributed by atoms with van der Waals surface area (Å²) in [6.07, 6.45) is 4.24. The number of unbranched alkanes of at least 4 members (excludes halogenated alkanes) is 1. The maximum absolute atomic E-state index is 11.6. The molecule has 4 heteroatoms. The third kappa shape index (κ3) is 7.23. The molecule has 3 nitrogen and oxygen atoms in total. The molecule has 1 amide bonds. The molecule has 1 aromatic rings. The molecule has 1 aromatic carbocycles. The number of nitrogens with one attached hydrogen (secondary N) is 1. The molecule has 0 saturated carbocycles. The van der Waals surface area contributed by atoms with Crippen LogP contribution in [0.1, 0.15) is 31.7 Å². The average Bonchev–Trinajstić information content (AvgIpc) is 2.43. The predicted octanol–water partition coefficient (Wildman–Crippen LogP) is 3.08. The van der Waals surface area contributed by atoms with Crippen LogP contribution in [0, 0.1) is 0 Å². The summed E-state index contributed by atoms with van der Waals surface area (Å²) in [6.45, 7) is 2.37. The van der Waals surface area contributed by atoms with E-state index in [1.807, 2.05) is 12.1 Å². The Morgan fingerprint density at radius 3 is 2.63 bits per heavy atom. The minimum Gasteiger partial charge on any atom is -0.396 e. The van der Waals surface area contributed by atoms with Crippen LogP contribution in [0.4, 0.5) is 5.69 Å². The van der Waals surface area contributed by atoms with E-state index in [9.17, 15) is 4.79 Å². The van der Waals surface area contributed by atoms with Gasteiger partial charge >= 0.3 is 0 Å². The summed E-state index contributed by atoms with van der Waals surface area (Å²) in [4.78, 5) is 11.6. The second kappa shape index (κ2) is 9.87. The summed E-state index contributed by atoms with van der Waals surface area (Å²) in [5, 5.41) is 11.5. The Hall–Kier alpha value is -1.00. The lowest BCUT2D eigenvalue weighted by Gasteiger charge is -2.06. The zero-order valence-electron chi connectivity index (χ0n) is 11.5. The van der Waals surface area contributed by atoms with E-state index in [1.165, 1.54) is 18.4 Å². The Balaban J connectivity index is 2.29. The molecule has 0 radical (unpaired) electrons. The van der Waals surface area contributed by atoms with Crippen LogP contribution in [0.2, 0.25) is 0 Å². The zero-order valence-corrected chi connectivity index (χ0v) is 12.3. The second-order valence-corrected chi connectivity index (χ2v) is 5.58. The normalized spacial score (nSPS) is 10.4. The number of amides is 1. The topological polar surface area (TPSA) is 49.3 Å². The van der Waals surface area contributed by atoms with Gasteiger partial charge < -0.3 is 10.4 Å². The van der Waals surface area contributed by atoms with Crippen LogP contribution < -0.4 is 5.32 Å². The van der Waals surface area contributed by atoms with Crippen molar-refractivity contribution in [1.29, 1.82) is 0 Å². The molecule has 0 unspecified atom stereocenters. The maximum Gasteiger partial charge on any atom is 0.234 e. The van der Waals surface area contributed by atoms with E-state index in [2.05, 4.69) is 24.4 Å². The fourth-order valence-corrected chi connectivity index (χ4v) is 2.40. The van der Waals surface area contributed by atoms with Crippen molar-refractivity contribution in [3.8, 4) is 0 Å². The number of hydrogen-bond donors (Lipinski definition) is 2. The number of anilines is 1. The Morgan fingerprint density at radius 1 is 1.26 bits per heavy atom. The highest BCUT2D eigenvalue weighted by molar-refractivity contribution is 7.99. The Morgan fingerprint density at radius 2 is 2.00 bits per heavy atom. The van der Waals surface area contributed by atoms with E-state index in [0.29, 0.717) is 5.75 Å². The van der Waals surface area contributed by atoms with Crippen LogP contribution in [0.25, 0.3) is 0 Å². The highest BCUT2D eigenvalue weighted by atomic mass is 32.2. The van der Waals surface area contributed by atoms with Gasteiger partial charge in [0.2, 0.25) is 5.91 Å². The molecule has 0 atom stereocenters. The van der Waals surface area contributed by atoms with Crippen LogP contribution in [0.3, 0.4) is 0 Å². The number of thioether (sulfide) groups is 1. The molecule has 0 saturated heterocycles. The summed E-state index contributed by atoms with van der Waals surface area (Å²) in [5.41, 5.74) is 2.17. The molecule has 0 bridgehead atoms. The van der Waals surface area contributed by atoms with Crippen molar-refractivity contribution >= 4 is 23.4 Å². The summed E-state index contributed by atoms with van der Waals surface area (Å²) >= 11 is 1.55. The van der Waals surface area contributed by atoms with Crippen molar-refractivity contribution < 1.29 is 9.90 Å². The van der Waals surface area contributed by atoms with E-state index in [-0.39, 0.29) is 12.5 Å². The van der Waals surface area contributed by atoms with Gasteiger partial charge in [0.05, 0.1) is 5.75 Å². The molecular formula is C15H23NO2S. The first kappa shape index (κ1) is 16.1. The molecule has 0 aliphatic rings. The molecule has 1 rings (SSSR count). The van der Waals surface area contributed by atoms with Gasteiger partial charge in [0.15, 0.2) is 0 Å². The van der Waals surface area contributed by atoms with Crippen molar-refractivity contribution in [2.24, 2.45) is 0 Å². The van der Waals surface area contributed by atoms with Crippen molar-refractivity contribution in [3.63, 3.8) is 0 Å². The van der Waals surface area contributed by atoms with Crippen LogP contribution in [-0.4, -0.2) is 29.1 Å². The number of rotatable bonds is 9. The van der Waals surface area contributed by atoms with E-state index in [0.717, 1.165) is 24.3 Å². The number of aliphatic hydroxyl groups excluding tert-OH is 1. The average molecular weight is 281 g/mol. The van der Waals surface area contributed by atoms with Gasteiger partial charge in [0.25, 0.3) is 0 Å². The lowest BCUT2D eigenvalue weighted by Crippen LogP contribution is -2.14. The first-order valence-corrected chi connectivity index (χ1v) is 7.99. The number of aryl methyl sites for hydroxylation is 1. The molecule has 0 spiro atoms. The number of carbonyl (C=O) groups is 1. The van der Waals surface area contributed by atoms with Crippen molar-refractivity contribution in [2.75, 3.05) is 23.4 Å². The SMILES string of the molecule is CCCCc1ccc(NC(=O)CSCCCO)cc1. The molecule has 2 N–H and O–H groups in total. The highest BCUT2D eigenvalue weighted by Gasteiger charge is 2.02. The Kier molecular flexibility index (Phi) is 8.34. The van der Waals surface area contributed by atoms with Gasteiger partial charge in [0, 0.05) is 12.3 Å². The predicted molar refractivity (Wildman–Crippen MR) is 82.7 cm³/mol. The van der Waals surface area contributed by atoms with Crippen LogP contribution in [-0.2, 0) is 11.2 Å². The molecule has 0 aromatic heterocycles. The minimum atomic E-state index is 0.0178. The molecule has 0 aliphatic heterocycles. The number of aliphatic hydroxyl groups is 1. The summed E-state index contributed by atoms with van der Waals surface area (Å²) in [5.74, 6) is 1.28. The summed E-state index contributed by atoms with van der Waals surface area (Å²) in [6, 6.07) is 8.07. The van der Waals surface area contributed by atoms with E-state index in [1.54, 1.807) is 11.8 Å². The first-order valence-electron chi connectivity index (χ1n) is 6.83. The smallest absolute Gasteiger partial charge is 0.234 e. The maximum atomic E-state index is 11.6. The fraction of sp³-hybridized carbons (Fsp3) is 0.533. The van der Waals surface area contributed by atoms with Gasteiger partial charge in [0.1, 0.15) is 0 Å². The van der Waals surface area contributed by atoms with Crippen LogP contribution >= 0.6 is 11.8 Å². The van der Waals surface area contributed by atoms with Gasteiger partial charge in [-0.15, -0.1) is 0 Å². The summed E-state index contributed by atoms with van der Waals surface area (Å²) < 4.78 is 0. The fourth-order valence-electron chi connectivity index (χ4n) is 1.66. The molecule has 106 valence electrons. The standard InChI is InChI=1S/C15H23NO2S/c1-2-3-5-13-6-8-14(9-7-13)16-15(18)12-19-11-4-10-17/h6-9,17H,2-5,10-12H2,1H3,(H,16,18). The largest absolute Gasteiger partial charge is 0.396 e. The van der Waals surface area contributed by atoms with Gasteiger partial charge in [-0.2, -0.15) is 11.8 Å². The van der Waals surface area contributed by atoms with E-state index < -0.39 is 0 Å². The monoisotopic (exact) mass is 281 g/mol. The van der Waals surface area contributed by atoms with Crippen molar-refractivity contribution in [1.82, 2.24) is 0 Å². The van der Waals surface area contributed by atoms with Crippen molar-refractivity contribution in [3.05, 3.63) is 29.8 Å². The second-order valence-electron chi connectivity index (χ2n) is 4.48. The number of hydrogen-bond acceptors (Lipinski definition) is 3. The van der Waals surface area contributed by atoms with Gasteiger partial charge in [-0.3, -0.25) is 4.79 Å². The number of benzene rings is 1. The molecule has 0 fully saturated rings. The third-order valence-electron chi connectivity index (χ3n) is 2.74. The van der Waals surface area contributed by atoms with Gasteiger partial charge in [-0.05, 0) is 42.7 Å². The Bertz CT molecular complexity index is 365. The minimum absolute atomic E-state index is 0.0178. The molecule has 0 heterocycles. The molecule has 0 aliphatic carbocycles. The van der Waals surface area contributed by atoms with E-state index in [4.69, 9.17) is 5.11 Å². The van der Waals surface area contributed by atoms with Crippen molar-refractivity contribution in [2.45, 2.75) is 32.6 Å². The summed E-state index contributed by atoms with van der Waals surface area (Å²) in [7, 11) is 0.